The Kier molecular flexibility index (Phi) is 5.88. The van der Waals surface area contributed by atoms with Crippen LogP contribution in [0.5, 0.6) is 0 Å². The number of aromatic nitrogens is 5. The van der Waals surface area contributed by atoms with Gasteiger partial charge in [-0.25, -0.2) is 15.0 Å². The van der Waals surface area contributed by atoms with Gasteiger partial charge in [0.05, 0.1) is 6.20 Å². The van der Waals surface area contributed by atoms with Gasteiger partial charge in [-0.2, -0.15) is 5.10 Å². The molecule has 1 fully saturated rings. The van der Waals surface area contributed by atoms with E-state index in [1.54, 1.807) is 19.5 Å². The zero-order valence-corrected chi connectivity index (χ0v) is 19.2. The Morgan fingerprint density at radius 1 is 1.21 bits per heavy atom. The molecule has 0 aliphatic carbocycles. The molecule has 0 radical (unpaired) electrons. The lowest BCUT2D eigenvalue weighted by molar-refractivity contribution is -0.135. The van der Waals surface area contributed by atoms with E-state index in [1.165, 1.54) is 11.3 Å². The van der Waals surface area contributed by atoms with Gasteiger partial charge < -0.3 is 19.9 Å². The Balaban J connectivity index is 1.29. The third-order valence-corrected chi connectivity index (χ3v) is 6.53. The fraction of sp³-hybridized carbons (Fsp3) is 0.318. The number of H-pyrrole nitrogens is 1. The number of aryl methyl sites for hydroxylation is 1. The Bertz CT molecular complexity index is 1280. The normalized spacial score (nSPS) is 14.1. The highest BCUT2D eigenvalue weighted by Crippen LogP contribution is 2.31. The Morgan fingerprint density at radius 3 is 2.82 bits per heavy atom. The fourth-order valence-corrected chi connectivity index (χ4v) is 4.69. The molecule has 5 heterocycles. The molecule has 1 aliphatic heterocycles. The summed E-state index contributed by atoms with van der Waals surface area (Å²) in [6.07, 6.45) is 5.43. The molecule has 0 aromatic carbocycles. The van der Waals surface area contributed by atoms with Crippen molar-refractivity contribution in [3.8, 4) is 11.1 Å². The maximum absolute atomic E-state index is 12.0. The van der Waals surface area contributed by atoms with Gasteiger partial charge in [-0.15, -0.1) is 0 Å². The SMILES string of the molecule is COCC(=O)N1CCN(c2ccnc(Nc3nc4cc(-c5cn[nH]c5C)cnc4s3)c2)CC1. The molecule has 0 atom stereocenters. The van der Waals surface area contributed by atoms with Crippen LogP contribution < -0.4 is 10.2 Å². The summed E-state index contributed by atoms with van der Waals surface area (Å²) in [6, 6.07) is 6.01. The minimum absolute atomic E-state index is 0.0322. The lowest BCUT2D eigenvalue weighted by Crippen LogP contribution is -2.49. The predicted octanol–water partition coefficient (Wildman–Crippen LogP) is 2.82. The number of amides is 1. The second-order valence-corrected chi connectivity index (χ2v) is 8.78. The van der Waals surface area contributed by atoms with Crippen LogP contribution in [0, 0.1) is 6.92 Å². The van der Waals surface area contributed by atoms with E-state index in [4.69, 9.17) is 9.72 Å². The second-order valence-electron chi connectivity index (χ2n) is 7.80. The third kappa shape index (κ3) is 4.50. The average Bonchev–Trinajstić information content (AvgIpc) is 3.44. The van der Waals surface area contributed by atoms with Gasteiger partial charge >= 0.3 is 0 Å². The standard InChI is InChI=1S/C22H24N8O2S/c1-14-17(12-25-28-14)15-9-18-21(24-11-15)33-22(26-18)27-19-10-16(3-4-23-19)29-5-7-30(8-6-29)20(31)13-32-2/h3-4,9-12H,5-8,13H2,1-2H3,(H,25,28)(H,23,26,27). The number of methoxy groups -OCH3 is 1. The summed E-state index contributed by atoms with van der Waals surface area (Å²) in [5.74, 6) is 0.750. The van der Waals surface area contributed by atoms with Gasteiger partial charge in [0, 0.05) is 74.3 Å². The smallest absolute Gasteiger partial charge is 0.248 e. The molecule has 170 valence electrons. The monoisotopic (exact) mass is 464 g/mol. The lowest BCUT2D eigenvalue weighted by atomic mass is 10.1. The highest BCUT2D eigenvalue weighted by atomic mass is 32.1. The van der Waals surface area contributed by atoms with E-state index in [9.17, 15) is 4.79 Å². The van der Waals surface area contributed by atoms with Crippen molar-refractivity contribution in [2.45, 2.75) is 6.92 Å². The zero-order valence-electron chi connectivity index (χ0n) is 18.4. The number of pyridine rings is 2. The molecule has 1 aliphatic rings. The average molecular weight is 465 g/mol. The number of hydrogen-bond acceptors (Lipinski definition) is 9. The number of fused-ring (bicyclic) bond motifs is 1. The van der Waals surface area contributed by atoms with Crippen molar-refractivity contribution in [2.75, 3.05) is 50.1 Å². The topological polar surface area (TPSA) is 112 Å². The van der Waals surface area contributed by atoms with Gasteiger partial charge in [-0.3, -0.25) is 9.89 Å². The maximum Gasteiger partial charge on any atom is 0.248 e. The Hall–Kier alpha value is -3.57. The Morgan fingerprint density at radius 2 is 2.06 bits per heavy atom. The zero-order chi connectivity index (χ0) is 22.8. The molecule has 4 aromatic rings. The fourth-order valence-electron chi connectivity index (χ4n) is 3.89. The number of nitrogens with one attached hydrogen (secondary N) is 2. The van der Waals surface area contributed by atoms with E-state index < -0.39 is 0 Å². The number of thiazole rings is 1. The molecule has 33 heavy (non-hydrogen) atoms. The molecule has 0 bridgehead atoms. The quantitative estimate of drug-likeness (QED) is 0.448. The van der Waals surface area contributed by atoms with Crippen molar-refractivity contribution in [3.05, 3.63) is 42.5 Å². The van der Waals surface area contributed by atoms with Crippen LogP contribution in [0.2, 0.25) is 0 Å². The summed E-state index contributed by atoms with van der Waals surface area (Å²) in [5.41, 5.74) is 4.88. The van der Waals surface area contributed by atoms with E-state index in [-0.39, 0.29) is 12.5 Å². The number of carbonyl (C=O) groups excluding carboxylic acids is 1. The number of piperazine rings is 1. The minimum Gasteiger partial charge on any atom is -0.375 e. The number of carbonyl (C=O) groups is 1. The van der Waals surface area contributed by atoms with Crippen LogP contribution in [-0.2, 0) is 9.53 Å². The number of rotatable bonds is 6. The first-order valence-corrected chi connectivity index (χ1v) is 11.4. The first kappa shape index (κ1) is 21.3. The summed E-state index contributed by atoms with van der Waals surface area (Å²) in [5, 5.41) is 11.1. The molecular weight excluding hydrogens is 440 g/mol. The van der Waals surface area contributed by atoms with Crippen molar-refractivity contribution in [1.82, 2.24) is 30.0 Å². The van der Waals surface area contributed by atoms with Crippen molar-refractivity contribution >= 4 is 44.2 Å². The summed E-state index contributed by atoms with van der Waals surface area (Å²) in [7, 11) is 1.54. The summed E-state index contributed by atoms with van der Waals surface area (Å²) in [6.45, 7) is 4.99. The molecule has 1 saturated heterocycles. The maximum atomic E-state index is 12.0. The van der Waals surface area contributed by atoms with Gasteiger partial charge in [-0.05, 0) is 19.1 Å². The van der Waals surface area contributed by atoms with Crippen molar-refractivity contribution in [3.63, 3.8) is 0 Å². The molecule has 11 heteroatoms. The summed E-state index contributed by atoms with van der Waals surface area (Å²) in [4.78, 5) is 30.7. The van der Waals surface area contributed by atoms with Gasteiger partial charge in [0.15, 0.2) is 5.13 Å². The van der Waals surface area contributed by atoms with Crippen LogP contribution in [0.15, 0.2) is 36.8 Å². The third-order valence-electron chi connectivity index (χ3n) is 5.63. The number of aromatic amines is 1. The molecule has 2 N–H and O–H groups in total. The largest absolute Gasteiger partial charge is 0.375 e. The number of hydrogen-bond donors (Lipinski definition) is 2. The van der Waals surface area contributed by atoms with E-state index in [0.717, 1.165) is 56.9 Å². The number of nitrogens with zero attached hydrogens (tertiary/aromatic N) is 6. The lowest BCUT2D eigenvalue weighted by Gasteiger charge is -2.36. The molecule has 1 amide bonds. The molecule has 4 aromatic heterocycles. The molecular formula is C22H24N8O2S. The molecule has 0 spiro atoms. The van der Waals surface area contributed by atoms with E-state index in [2.05, 4.69) is 30.4 Å². The van der Waals surface area contributed by atoms with Crippen molar-refractivity contribution < 1.29 is 9.53 Å². The van der Waals surface area contributed by atoms with Crippen LogP contribution in [0.1, 0.15) is 5.69 Å². The second kappa shape index (κ2) is 9.12. The van der Waals surface area contributed by atoms with Gasteiger partial charge in [-0.1, -0.05) is 11.3 Å². The van der Waals surface area contributed by atoms with Crippen LogP contribution >= 0.6 is 11.3 Å². The van der Waals surface area contributed by atoms with Gasteiger partial charge in [0.2, 0.25) is 5.91 Å². The predicted molar refractivity (Wildman–Crippen MR) is 128 cm³/mol. The number of anilines is 3. The highest BCUT2D eigenvalue weighted by Gasteiger charge is 2.21. The first-order valence-electron chi connectivity index (χ1n) is 10.6. The molecule has 5 rings (SSSR count). The molecule has 0 unspecified atom stereocenters. The van der Waals surface area contributed by atoms with Crippen molar-refractivity contribution in [2.24, 2.45) is 0 Å². The number of ether oxygens (including phenoxy) is 1. The van der Waals surface area contributed by atoms with E-state index in [0.29, 0.717) is 13.1 Å². The minimum atomic E-state index is 0.0322. The van der Waals surface area contributed by atoms with Crippen LogP contribution in [0.4, 0.5) is 16.6 Å². The Labute approximate surface area is 194 Å². The first-order chi connectivity index (χ1) is 16.1. The highest BCUT2D eigenvalue weighted by molar-refractivity contribution is 7.21. The summed E-state index contributed by atoms with van der Waals surface area (Å²) >= 11 is 1.49. The molecule has 10 nitrogen and oxygen atoms in total. The van der Waals surface area contributed by atoms with Crippen LogP contribution in [0.3, 0.4) is 0 Å². The summed E-state index contributed by atoms with van der Waals surface area (Å²) < 4.78 is 4.96. The van der Waals surface area contributed by atoms with Crippen LogP contribution in [0.25, 0.3) is 21.5 Å². The van der Waals surface area contributed by atoms with Gasteiger partial charge in [0.25, 0.3) is 0 Å². The van der Waals surface area contributed by atoms with E-state index in [1.807, 2.05) is 36.2 Å². The van der Waals surface area contributed by atoms with E-state index >= 15 is 0 Å². The van der Waals surface area contributed by atoms with Crippen molar-refractivity contribution in [1.29, 1.82) is 0 Å². The van der Waals surface area contributed by atoms with Crippen LogP contribution in [-0.4, -0.2) is 75.9 Å². The van der Waals surface area contributed by atoms with Gasteiger partial charge in [0.1, 0.15) is 22.8 Å². The molecule has 0 saturated carbocycles.